The predicted molar refractivity (Wildman–Crippen MR) is 36.8 cm³/mol. The fourth-order valence-corrected chi connectivity index (χ4v) is 0.615. The Morgan fingerprint density at radius 1 is 1.27 bits per heavy atom. The molecule has 1 aromatic carbocycles. The second-order valence-corrected chi connectivity index (χ2v) is 1.86. The van der Waals surface area contributed by atoms with Gasteiger partial charge in [0.25, 0.3) is 0 Å². The molecule has 0 amide bonds. The lowest BCUT2D eigenvalue weighted by Crippen LogP contribution is -2.02. The normalized spacial score (nSPS) is 9.09. The van der Waals surface area contributed by atoms with Crippen molar-refractivity contribution in [2.45, 2.75) is 0 Å². The van der Waals surface area contributed by atoms with Crippen LogP contribution in [0, 0.1) is 0 Å². The van der Waals surface area contributed by atoms with Crippen molar-refractivity contribution >= 4 is 6.16 Å². The van der Waals surface area contributed by atoms with E-state index >= 15 is 0 Å². The Kier molecular flexibility index (Phi) is 1.96. The first kappa shape index (κ1) is 7.40. The molecule has 1 aromatic rings. The van der Waals surface area contributed by atoms with Crippen LogP contribution < -0.4 is 4.74 Å². The third-order valence-electron chi connectivity index (χ3n) is 1.04. The molecule has 0 aliphatic carbocycles. The van der Waals surface area contributed by atoms with Crippen molar-refractivity contribution in [3.8, 4) is 11.5 Å². The van der Waals surface area contributed by atoms with Crippen LogP contribution >= 0.6 is 0 Å². The molecule has 2 N–H and O–H groups in total. The van der Waals surface area contributed by atoms with E-state index in [1.165, 1.54) is 24.3 Å². The summed E-state index contributed by atoms with van der Waals surface area (Å²) in [5.41, 5.74) is 0. The van der Waals surface area contributed by atoms with Gasteiger partial charge in [-0.1, -0.05) is 0 Å². The van der Waals surface area contributed by atoms with Gasteiger partial charge in [-0.2, -0.15) is 0 Å². The number of aromatic hydroxyl groups is 1. The quantitative estimate of drug-likeness (QED) is 0.474. The van der Waals surface area contributed by atoms with Crippen molar-refractivity contribution in [3.63, 3.8) is 0 Å². The van der Waals surface area contributed by atoms with Gasteiger partial charge in [0, 0.05) is 0 Å². The topological polar surface area (TPSA) is 66.8 Å². The maximum Gasteiger partial charge on any atom is 0.511 e. The van der Waals surface area contributed by atoms with E-state index in [4.69, 9.17) is 10.2 Å². The molecule has 0 bridgehead atoms. The van der Waals surface area contributed by atoms with Gasteiger partial charge in [-0.15, -0.1) is 0 Å². The van der Waals surface area contributed by atoms with Crippen LogP contribution in [0.2, 0.25) is 0 Å². The fraction of sp³-hybridized carbons (Fsp3) is 0. The zero-order valence-corrected chi connectivity index (χ0v) is 5.52. The summed E-state index contributed by atoms with van der Waals surface area (Å²) in [5.74, 6) is 0.262. The molecule has 0 atom stereocenters. The lowest BCUT2D eigenvalue weighted by molar-refractivity contribution is 0.144. The molecule has 0 spiro atoms. The van der Waals surface area contributed by atoms with Crippen LogP contribution in [0.4, 0.5) is 4.79 Å². The molecule has 0 fully saturated rings. The monoisotopic (exact) mass is 154 g/mol. The maximum absolute atomic E-state index is 9.97. The summed E-state index contributed by atoms with van der Waals surface area (Å²) in [6.45, 7) is 0. The Morgan fingerprint density at radius 2 is 1.82 bits per heavy atom. The minimum atomic E-state index is -1.37. The van der Waals surface area contributed by atoms with Gasteiger partial charge in [-0.25, -0.2) is 4.79 Å². The molecule has 0 aliphatic rings. The summed E-state index contributed by atoms with van der Waals surface area (Å²) in [7, 11) is 0. The third-order valence-corrected chi connectivity index (χ3v) is 1.04. The number of hydrogen-bond donors (Lipinski definition) is 2. The zero-order chi connectivity index (χ0) is 8.27. The largest absolute Gasteiger partial charge is 0.511 e. The van der Waals surface area contributed by atoms with Crippen molar-refractivity contribution in [1.29, 1.82) is 0 Å². The number of carbonyl (C=O) groups is 1. The predicted octanol–water partition coefficient (Wildman–Crippen LogP) is 1.45. The van der Waals surface area contributed by atoms with Crippen LogP contribution in [0.1, 0.15) is 0 Å². The standard InChI is InChI=1S/C7H6O4/c8-5-1-3-6(4-2-5)11-7(9)10/h1-4,8H,(H,9,10). The lowest BCUT2D eigenvalue weighted by atomic mass is 10.3. The van der Waals surface area contributed by atoms with E-state index < -0.39 is 6.16 Å². The molecule has 4 nitrogen and oxygen atoms in total. The lowest BCUT2D eigenvalue weighted by Gasteiger charge is -1.97. The molecule has 0 saturated carbocycles. The van der Waals surface area contributed by atoms with Gasteiger partial charge in [-0.3, -0.25) is 0 Å². The highest BCUT2D eigenvalue weighted by molar-refractivity contribution is 5.61. The molecule has 0 radical (unpaired) electrons. The van der Waals surface area contributed by atoms with E-state index in [1.54, 1.807) is 0 Å². The van der Waals surface area contributed by atoms with Gasteiger partial charge < -0.3 is 14.9 Å². The molecular formula is C7H6O4. The van der Waals surface area contributed by atoms with E-state index in [0.29, 0.717) is 0 Å². The molecule has 0 unspecified atom stereocenters. The van der Waals surface area contributed by atoms with Crippen molar-refractivity contribution in [1.82, 2.24) is 0 Å². The molecule has 0 heterocycles. The highest BCUT2D eigenvalue weighted by atomic mass is 16.7. The van der Waals surface area contributed by atoms with E-state index in [0.717, 1.165) is 0 Å². The molecule has 0 saturated heterocycles. The SMILES string of the molecule is O=C(O)Oc1ccc(O)cc1. The average Bonchev–Trinajstić information content (AvgIpc) is 1.93. The molecule has 0 aromatic heterocycles. The highest BCUT2D eigenvalue weighted by Crippen LogP contribution is 2.15. The maximum atomic E-state index is 9.97. The number of ether oxygens (including phenoxy) is 1. The first-order valence-electron chi connectivity index (χ1n) is 2.88. The molecule has 0 aliphatic heterocycles. The van der Waals surface area contributed by atoms with Gasteiger partial charge in [-0.05, 0) is 24.3 Å². The Labute approximate surface area is 62.7 Å². The minimum absolute atomic E-state index is 0.0720. The van der Waals surface area contributed by atoms with Gasteiger partial charge in [0.2, 0.25) is 0 Å². The third kappa shape index (κ3) is 2.17. The summed E-state index contributed by atoms with van der Waals surface area (Å²) < 4.78 is 4.27. The highest BCUT2D eigenvalue weighted by Gasteiger charge is 1.98. The second-order valence-electron chi connectivity index (χ2n) is 1.86. The Bertz CT molecular complexity index is 252. The molecule has 1 rings (SSSR count). The van der Waals surface area contributed by atoms with Crippen LogP contribution in [0.25, 0.3) is 0 Å². The number of carboxylic acid groups (broad SMARTS) is 1. The number of rotatable bonds is 1. The summed E-state index contributed by atoms with van der Waals surface area (Å²) in [5, 5.41) is 16.9. The van der Waals surface area contributed by atoms with E-state index in [-0.39, 0.29) is 11.5 Å². The second kappa shape index (κ2) is 2.92. The van der Waals surface area contributed by atoms with E-state index in [1.807, 2.05) is 0 Å². The van der Waals surface area contributed by atoms with Crippen molar-refractivity contribution in [2.24, 2.45) is 0 Å². The van der Waals surface area contributed by atoms with Crippen LogP contribution in [-0.2, 0) is 0 Å². The van der Waals surface area contributed by atoms with Crippen LogP contribution in [0.3, 0.4) is 0 Å². The minimum Gasteiger partial charge on any atom is -0.508 e. The van der Waals surface area contributed by atoms with Gasteiger partial charge in [0.1, 0.15) is 11.5 Å². The smallest absolute Gasteiger partial charge is 0.508 e. The summed E-state index contributed by atoms with van der Waals surface area (Å²) in [6.07, 6.45) is -1.37. The summed E-state index contributed by atoms with van der Waals surface area (Å²) >= 11 is 0. The van der Waals surface area contributed by atoms with Crippen LogP contribution in [0.5, 0.6) is 11.5 Å². The number of benzene rings is 1. The fourth-order valence-electron chi connectivity index (χ4n) is 0.615. The Hall–Kier alpha value is -1.71. The molecular weight excluding hydrogens is 148 g/mol. The summed E-state index contributed by atoms with van der Waals surface area (Å²) in [6, 6.07) is 5.42. The Balaban J connectivity index is 2.74. The van der Waals surface area contributed by atoms with Gasteiger partial charge in [0.15, 0.2) is 0 Å². The van der Waals surface area contributed by atoms with Gasteiger partial charge in [0.05, 0.1) is 0 Å². The zero-order valence-electron chi connectivity index (χ0n) is 5.52. The molecule has 11 heavy (non-hydrogen) atoms. The van der Waals surface area contributed by atoms with Crippen molar-refractivity contribution < 1.29 is 19.7 Å². The van der Waals surface area contributed by atoms with Crippen LogP contribution in [0.15, 0.2) is 24.3 Å². The number of phenols is 1. The molecule has 4 heteroatoms. The average molecular weight is 154 g/mol. The van der Waals surface area contributed by atoms with E-state index in [2.05, 4.69) is 4.74 Å². The first-order chi connectivity index (χ1) is 5.18. The number of phenolic OH excluding ortho intramolecular Hbond substituents is 1. The first-order valence-corrected chi connectivity index (χ1v) is 2.88. The van der Waals surface area contributed by atoms with Gasteiger partial charge >= 0.3 is 6.16 Å². The summed E-state index contributed by atoms with van der Waals surface area (Å²) in [4.78, 5) is 9.97. The molecule has 58 valence electrons. The Morgan fingerprint density at radius 3 is 2.27 bits per heavy atom. The van der Waals surface area contributed by atoms with E-state index in [9.17, 15) is 4.79 Å². The van der Waals surface area contributed by atoms with Crippen LogP contribution in [-0.4, -0.2) is 16.4 Å². The number of hydrogen-bond acceptors (Lipinski definition) is 3. The van der Waals surface area contributed by atoms with Crippen molar-refractivity contribution in [2.75, 3.05) is 0 Å². The van der Waals surface area contributed by atoms with Crippen molar-refractivity contribution in [3.05, 3.63) is 24.3 Å².